The smallest absolute Gasteiger partial charge is 0.298 e. The first-order valence-corrected chi connectivity index (χ1v) is 3.46. The average molecular weight is 185 g/mol. The number of terminal acetylenes is 1. The molecule has 0 unspecified atom stereocenters. The van der Waals surface area contributed by atoms with E-state index in [-0.39, 0.29) is 11.7 Å². The van der Waals surface area contributed by atoms with Crippen LogP contribution in [0.2, 0.25) is 5.15 Å². The zero-order chi connectivity index (χ0) is 9.14. The Kier molecular flexibility index (Phi) is 2.36. The molecular weight excluding hydrogens is 180 g/mol. The highest BCUT2D eigenvalue weighted by molar-refractivity contribution is 6.29. The molecule has 0 aromatic carbocycles. The highest BCUT2D eigenvalue weighted by atomic mass is 35.5. The molecule has 0 atom stereocenters. The Labute approximate surface area is 72.8 Å². The molecule has 0 saturated carbocycles. The van der Waals surface area contributed by atoms with Crippen molar-refractivity contribution in [1.29, 1.82) is 0 Å². The van der Waals surface area contributed by atoms with E-state index in [1.807, 2.05) is 0 Å². The summed E-state index contributed by atoms with van der Waals surface area (Å²) < 4.78 is 0.881. The van der Waals surface area contributed by atoms with E-state index in [1.165, 1.54) is 0 Å². The minimum atomic E-state index is -0.592. The lowest BCUT2D eigenvalue weighted by Crippen LogP contribution is -2.34. The van der Waals surface area contributed by atoms with E-state index in [0.717, 1.165) is 10.6 Å². The molecule has 4 nitrogen and oxygen atoms in total. The Hall–Kier alpha value is -1.47. The van der Waals surface area contributed by atoms with Gasteiger partial charge < -0.3 is 0 Å². The van der Waals surface area contributed by atoms with Gasteiger partial charge in [0.15, 0.2) is 0 Å². The molecule has 0 radical (unpaired) electrons. The maximum Gasteiger partial charge on any atom is 0.330 e. The van der Waals surface area contributed by atoms with Gasteiger partial charge in [0.25, 0.3) is 5.56 Å². The summed E-state index contributed by atoms with van der Waals surface area (Å²) in [5.74, 6) is 2.18. The fourth-order valence-electron chi connectivity index (χ4n) is 0.733. The summed E-state index contributed by atoms with van der Waals surface area (Å²) >= 11 is 5.40. The Morgan fingerprint density at radius 1 is 1.67 bits per heavy atom. The lowest BCUT2D eigenvalue weighted by atomic mass is 10.6. The minimum Gasteiger partial charge on any atom is -0.298 e. The lowest BCUT2D eigenvalue weighted by Gasteiger charge is -1.97. The Balaban J connectivity index is 3.42. The minimum absolute atomic E-state index is 0.0123. The van der Waals surface area contributed by atoms with Gasteiger partial charge in [-0.15, -0.1) is 6.42 Å². The number of hydrogen-bond donors (Lipinski definition) is 1. The third kappa shape index (κ3) is 1.57. The van der Waals surface area contributed by atoms with E-state index in [1.54, 1.807) is 0 Å². The van der Waals surface area contributed by atoms with Gasteiger partial charge in [0.05, 0.1) is 6.54 Å². The first-order valence-electron chi connectivity index (χ1n) is 3.08. The predicted octanol–water partition coefficient (Wildman–Crippen LogP) is -0.177. The van der Waals surface area contributed by atoms with Crippen LogP contribution >= 0.6 is 11.6 Å². The SMILES string of the molecule is C#CCn1c(=O)cc(Cl)[nH]c1=O. The number of nitrogens with zero attached hydrogens (tertiary/aromatic N) is 1. The standard InChI is InChI=1S/C7H5ClN2O2/c1-2-3-10-6(11)4-5(8)9-7(10)12/h1,4H,3H2,(H,9,12). The summed E-state index contributed by atoms with van der Waals surface area (Å²) in [6, 6.07) is 1.10. The Bertz CT molecular complexity index is 407. The van der Waals surface area contributed by atoms with Gasteiger partial charge in [-0.3, -0.25) is 9.78 Å². The van der Waals surface area contributed by atoms with Gasteiger partial charge in [0.1, 0.15) is 5.15 Å². The molecule has 1 heterocycles. The normalized spacial score (nSPS) is 9.33. The van der Waals surface area contributed by atoms with Crippen LogP contribution in [0.15, 0.2) is 15.7 Å². The quantitative estimate of drug-likeness (QED) is 0.487. The largest absolute Gasteiger partial charge is 0.330 e. The molecular formula is C7H5ClN2O2. The van der Waals surface area contributed by atoms with Crippen LogP contribution in [0, 0.1) is 12.3 Å². The molecule has 62 valence electrons. The van der Waals surface area contributed by atoms with Crippen LogP contribution in [0.3, 0.4) is 0 Å². The van der Waals surface area contributed by atoms with E-state index in [0.29, 0.717) is 0 Å². The van der Waals surface area contributed by atoms with E-state index in [2.05, 4.69) is 10.9 Å². The first kappa shape index (κ1) is 8.62. The highest BCUT2D eigenvalue weighted by Gasteiger charge is 1.99. The van der Waals surface area contributed by atoms with Crippen molar-refractivity contribution in [3.63, 3.8) is 0 Å². The third-order valence-corrected chi connectivity index (χ3v) is 1.44. The van der Waals surface area contributed by atoms with E-state index in [9.17, 15) is 9.59 Å². The molecule has 0 amide bonds. The molecule has 0 aliphatic rings. The van der Waals surface area contributed by atoms with Crippen molar-refractivity contribution in [3.05, 3.63) is 32.1 Å². The molecule has 1 rings (SSSR count). The van der Waals surface area contributed by atoms with Gasteiger partial charge in [0, 0.05) is 6.07 Å². The molecule has 0 fully saturated rings. The van der Waals surface area contributed by atoms with Crippen LogP contribution in [-0.4, -0.2) is 9.55 Å². The fraction of sp³-hybridized carbons (Fsp3) is 0.143. The monoisotopic (exact) mass is 184 g/mol. The number of aromatic amines is 1. The second-order valence-electron chi connectivity index (χ2n) is 2.05. The van der Waals surface area contributed by atoms with Gasteiger partial charge in [0.2, 0.25) is 0 Å². The molecule has 12 heavy (non-hydrogen) atoms. The second kappa shape index (κ2) is 3.28. The van der Waals surface area contributed by atoms with Crippen molar-refractivity contribution in [2.45, 2.75) is 6.54 Å². The lowest BCUT2D eigenvalue weighted by molar-refractivity contribution is 0.727. The first-order chi connectivity index (χ1) is 5.65. The van der Waals surface area contributed by atoms with Crippen molar-refractivity contribution in [2.24, 2.45) is 0 Å². The summed E-state index contributed by atoms with van der Waals surface area (Å²) in [5.41, 5.74) is -1.09. The summed E-state index contributed by atoms with van der Waals surface area (Å²) in [6.45, 7) is -0.0503. The van der Waals surface area contributed by atoms with Crippen molar-refractivity contribution in [3.8, 4) is 12.3 Å². The molecule has 1 aromatic heterocycles. The second-order valence-corrected chi connectivity index (χ2v) is 2.46. The molecule has 1 aromatic rings. The zero-order valence-electron chi connectivity index (χ0n) is 6.00. The molecule has 0 saturated heterocycles. The highest BCUT2D eigenvalue weighted by Crippen LogP contribution is 1.92. The van der Waals surface area contributed by atoms with Crippen molar-refractivity contribution < 1.29 is 0 Å². The van der Waals surface area contributed by atoms with Crippen LogP contribution in [0.1, 0.15) is 0 Å². The summed E-state index contributed by atoms with van der Waals surface area (Å²) in [7, 11) is 0. The van der Waals surface area contributed by atoms with E-state index in [4.69, 9.17) is 18.0 Å². The van der Waals surface area contributed by atoms with Crippen LogP contribution in [0.4, 0.5) is 0 Å². The molecule has 0 spiro atoms. The van der Waals surface area contributed by atoms with E-state index >= 15 is 0 Å². The van der Waals surface area contributed by atoms with Gasteiger partial charge in [-0.1, -0.05) is 17.5 Å². The molecule has 0 bridgehead atoms. The topological polar surface area (TPSA) is 54.9 Å². The molecule has 5 heteroatoms. The fourth-order valence-corrected chi connectivity index (χ4v) is 0.907. The summed E-state index contributed by atoms with van der Waals surface area (Å²) in [5, 5.41) is 0.0123. The third-order valence-electron chi connectivity index (χ3n) is 1.24. The summed E-state index contributed by atoms with van der Waals surface area (Å²) in [6.07, 6.45) is 4.94. The van der Waals surface area contributed by atoms with Gasteiger partial charge in [-0.2, -0.15) is 0 Å². The van der Waals surface area contributed by atoms with Crippen LogP contribution in [0.5, 0.6) is 0 Å². The van der Waals surface area contributed by atoms with Gasteiger partial charge in [-0.25, -0.2) is 9.36 Å². The zero-order valence-corrected chi connectivity index (χ0v) is 6.76. The van der Waals surface area contributed by atoms with Crippen LogP contribution < -0.4 is 11.2 Å². The van der Waals surface area contributed by atoms with Crippen molar-refractivity contribution in [1.82, 2.24) is 9.55 Å². The number of aromatic nitrogens is 2. The molecule has 0 aliphatic heterocycles. The van der Waals surface area contributed by atoms with Crippen LogP contribution in [0.25, 0.3) is 0 Å². The maximum absolute atomic E-state index is 11.0. The Morgan fingerprint density at radius 2 is 2.33 bits per heavy atom. The molecule has 1 N–H and O–H groups in total. The molecule has 0 aliphatic carbocycles. The number of halogens is 1. The Morgan fingerprint density at radius 3 is 2.83 bits per heavy atom. The number of rotatable bonds is 1. The van der Waals surface area contributed by atoms with Crippen LogP contribution in [-0.2, 0) is 6.54 Å². The van der Waals surface area contributed by atoms with Crippen molar-refractivity contribution >= 4 is 11.6 Å². The predicted molar refractivity (Wildman–Crippen MR) is 45.2 cm³/mol. The van der Waals surface area contributed by atoms with Gasteiger partial charge in [-0.05, 0) is 0 Å². The number of hydrogen-bond acceptors (Lipinski definition) is 2. The summed E-state index contributed by atoms with van der Waals surface area (Å²) in [4.78, 5) is 24.2. The van der Waals surface area contributed by atoms with Crippen molar-refractivity contribution in [2.75, 3.05) is 0 Å². The number of nitrogens with one attached hydrogen (secondary N) is 1. The van der Waals surface area contributed by atoms with E-state index < -0.39 is 11.2 Å². The number of H-pyrrole nitrogens is 1. The maximum atomic E-state index is 11.0. The average Bonchev–Trinajstić information content (AvgIpc) is 1.96. The van der Waals surface area contributed by atoms with Gasteiger partial charge >= 0.3 is 5.69 Å².